The Labute approximate surface area is 144 Å². The molecular formula is C17H18ClNO3S. The molecule has 0 radical (unpaired) electrons. The van der Waals surface area contributed by atoms with E-state index in [-0.39, 0.29) is 11.1 Å². The molecule has 122 valence electrons. The molecule has 4 nitrogen and oxygen atoms in total. The van der Waals surface area contributed by atoms with Crippen LogP contribution in [0.1, 0.15) is 37.7 Å². The normalized spacial score (nSPS) is 20.8. The van der Waals surface area contributed by atoms with E-state index in [4.69, 9.17) is 16.3 Å². The van der Waals surface area contributed by atoms with Gasteiger partial charge >= 0.3 is 0 Å². The van der Waals surface area contributed by atoms with E-state index in [9.17, 15) is 9.59 Å². The topological polar surface area (TPSA) is 55.4 Å². The fourth-order valence-corrected chi connectivity index (χ4v) is 3.74. The van der Waals surface area contributed by atoms with Crippen LogP contribution in [0.15, 0.2) is 23.1 Å². The molecule has 1 aliphatic heterocycles. The molecule has 0 aromatic heterocycles. The number of rotatable bonds is 4. The first-order valence-electron chi connectivity index (χ1n) is 7.79. The van der Waals surface area contributed by atoms with Gasteiger partial charge in [-0.2, -0.15) is 0 Å². The minimum absolute atomic E-state index is 0.354. The van der Waals surface area contributed by atoms with E-state index in [2.05, 4.69) is 5.32 Å². The number of halogens is 1. The van der Waals surface area contributed by atoms with E-state index in [1.54, 1.807) is 12.1 Å². The number of carbonyl (C=O) groups is 2. The van der Waals surface area contributed by atoms with Crippen LogP contribution in [0.4, 0.5) is 4.79 Å². The maximum absolute atomic E-state index is 11.6. The lowest BCUT2D eigenvalue weighted by molar-refractivity contribution is -0.115. The Hall–Kier alpha value is -1.46. The van der Waals surface area contributed by atoms with Crippen molar-refractivity contribution in [2.24, 2.45) is 5.92 Å². The molecule has 1 aliphatic carbocycles. The van der Waals surface area contributed by atoms with E-state index in [1.165, 1.54) is 32.1 Å². The third kappa shape index (κ3) is 4.30. The smallest absolute Gasteiger partial charge is 0.290 e. The number of ether oxygens (including phenoxy) is 1. The Bertz CT molecular complexity index is 653. The first-order valence-corrected chi connectivity index (χ1v) is 8.98. The van der Waals surface area contributed by atoms with Crippen LogP contribution in [0, 0.1) is 5.92 Å². The monoisotopic (exact) mass is 351 g/mol. The largest absolute Gasteiger partial charge is 0.493 e. The minimum Gasteiger partial charge on any atom is -0.493 e. The van der Waals surface area contributed by atoms with Crippen molar-refractivity contribution in [3.63, 3.8) is 0 Å². The van der Waals surface area contributed by atoms with Crippen molar-refractivity contribution in [2.45, 2.75) is 32.1 Å². The zero-order valence-corrected chi connectivity index (χ0v) is 14.2. The van der Waals surface area contributed by atoms with Crippen molar-refractivity contribution in [1.29, 1.82) is 0 Å². The van der Waals surface area contributed by atoms with Crippen LogP contribution in [0.2, 0.25) is 5.02 Å². The van der Waals surface area contributed by atoms with E-state index in [1.807, 2.05) is 12.1 Å². The molecular weight excluding hydrogens is 334 g/mol. The predicted molar refractivity (Wildman–Crippen MR) is 92.6 cm³/mol. The number of nitrogens with one attached hydrogen (secondary N) is 1. The summed E-state index contributed by atoms with van der Waals surface area (Å²) in [5.74, 6) is 0.991. The molecule has 0 spiro atoms. The molecule has 3 rings (SSSR count). The lowest BCUT2D eigenvalue weighted by Gasteiger charge is -2.21. The van der Waals surface area contributed by atoms with Gasteiger partial charge < -0.3 is 4.74 Å². The summed E-state index contributed by atoms with van der Waals surface area (Å²) < 4.78 is 5.85. The average molecular weight is 352 g/mol. The van der Waals surface area contributed by atoms with E-state index in [0.29, 0.717) is 21.4 Å². The van der Waals surface area contributed by atoms with Crippen LogP contribution >= 0.6 is 23.4 Å². The van der Waals surface area contributed by atoms with Crippen LogP contribution < -0.4 is 10.1 Å². The predicted octanol–water partition coefficient (Wildman–Crippen LogP) is 4.62. The number of imide groups is 1. The summed E-state index contributed by atoms with van der Waals surface area (Å²) in [6, 6.07) is 5.42. The zero-order valence-electron chi connectivity index (χ0n) is 12.6. The van der Waals surface area contributed by atoms with Crippen LogP contribution in [0.5, 0.6) is 5.75 Å². The molecule has 2 fully saturated rings. The van der Waals surface area contributed by atoms with Gasteiger partial charge in [-0.1, -0.05) is 30.9 Å². The summed E-state index contributed by atoms with van der Waals surface area (Å²) in [6.45, 7) is 0.726. The lowest BCUT2D eigenvalue weighted by atomic mass is 9.90. The molecule has 0 bridgehead atoms. The Morgan fingerprint density at radius 3 is 2.70 bits per heavy atom. The number of hydrogen-bond acceptors (Lipinski definition) is 4. The molecule has 1 N–H and O–H groups in total. The van der Waals surface area contributed by atoms with Crippen molar-refractivity contribution in [1.82, 2.24) is 5.32 Å². The fraction of sp³-hybridized carbons (Fsp3) is 0.412. The molecule has 1 aromatic rings. The third-order valence-corrected chi connectivity index (χ3v) is 5.25. The van der Waals surface area contributed by atoms with Gasteiger partial charge in [0.2, 0.25) is 0 Å². The Balaban J connectivity index is 1.65. The molecule has 0 atom stereocenters. The van der Waals surface area contributed by atoms with Gasteiger partial charge in [-0.15, -0.1) is 0 Å². The highest BCUT2D eigenvalue weighted by molar-refractivity contribution is 8.18. The fourth-order valence-electron chi connectivity index (χ4n) is 2.84. The Kier molecular flexibility index (Phi) is 5.28. The van der Waals surface area contributed by atoms with Gasteiger partial charge in [-0.05, 0) is 60.4 Å². The number of carbonyl (C=O) groups excluding carboxylic acids is 2. The molecule has 1 saturated heterocycles. The van der Waals surface area contributed by atoms with E-state index in [0.717, 1.165) is 24.1 Å². The molecule has 1 aromatic carbocycles. The highest BCUT2D eigenvalue weighted by Gasteiger charge is 2.25. The van der Waals surface area contributed by atoms with Crippen molar-refractivity contribution in [3.8, 4) is 5.75 Å². The number of benzene rings is 1. The molecule has 2 aliphatic rings. The van der Waals surface area contributed by atoms with Crippen molar-refractivity contribution in [2.75, 3.05) is 6.61 Å². The maximum atomic E-state index is 11.6. The van der Waals surface area contributed by atoms with Gasteiger partial charge in [0.1, 0.15) is 5.75 Å². The minimum atomic E-state index is -0.381. The molecule has 1 saturated carbocycles. The molecule has 2 amide bonds. The Morgan fingerprint density at radius 1 is 1.26 bits per heavy atom. The summed E-state index contributed by atoms with van der Waals surface area (Å²) in [5, 5.41) is 2.37. The van der Waals surface area contributed by atoms with Crippen molar-refractivity contribution in [3.05, 3.63) is 33.7 Å². The van der Waals surface area contributed by atoms with Crippen LogP contribution in [-0.2, 0) is 4.79 Å². The van der Waals surface area contributed by atoms with Gasteiger partial charge in [-0.3, -0.25) is 14.9 Å². The van der Waals surface area contributed by atoms with Crippen LogP contribution in [0.3, 0.4) is 0 Å². The highest BCUT2D eigenvalue weighted by Crippen LogP contribution is 2.31. The number of hydrogen-bond donors (Lipinski definition) is 1. The second-order valence-electron chi connectivity index (χ2n) is 5.85. The summed E-state index contributed by atoms with van der Waals surface area (Å²) in [4.78, 5) is 23.1. The molecule has 0 unspecified atom stereocenters. The summed E-state index contributed by atoms with van der Waals surface area (Å²) in [5.41, 5.74) is 0.698. The molecule has 1 heterocycles. The van der Waals surface area contributed by atoms with Gasteiger partial charge in [0.05, 0.1) is 16.5 Å². The average Bonchev–Trinajstić information content (AvgIpc) is 2.86. The first-order chi connectivity index (χ1) is 11.1. The maximum Gasteiger partial charge on any atom is 0.290 e. The summed E-state index contributed by atoms with van der Waals surface area (Å²) in [6.07, 6.45) is 8.01. The number of thioether (sulfide) groups is 1. The van der Waals surface area contributed by atoms with E-state index < -0.39 is 0 Å². The van der Waals surface area contributed by atoms with Crippen molar-refractivity contribution >= 4 is 40.6 Å². The van der Waals surface area contributed by atoms with E-state index >= 15 is 0 Å². The van der Waals surface area contributed by atoms with Crippen molar-refractivity contribution < 1.29 is 14.3 Å². The molecule has 23 heavy (non-hydrogen) atoms. The Morgan fingerprint density at radius 2 is 2.04 bits per heavy atom. The lowest BCUT2D eigenvalue weighted by Crippen LogP contribution is -2.17. The quantitative estimate of drug-likeness (QED) is 0.804. The SMILES string of the molecule is O=C1NC(=O)C(=Cc2ccc(OCC3CCCCC3)cc2Cl)S1. The van der Waals surface area contributed by atoms with Gasteiger partial charge in [0, 0.05) is 0 Å². The highest BCUT2D eigenvalue weighted by atomic mass is 35.5. The zero-order chi connectivity index (χ0) is 16.2. The van der Waals surface area contributed by atoms with Crippen LogP contribution in [-0.4, -0.2) is 17.8 Å². The van der Waals surface area contributed by atoms with Gasteiger partial charge in [0.15, 0.2) is 0 Å². The summed E-state index contributed by atoms with van der Waals surface area (Å²) in [7, 11) is 0. The second kappa shape index (κ2) is 7.41. The first kappa shape index (κ1) is 16.4. The standard InChI is InChI=1S/C17H18ClNO3S/c18-14-9-13(22-10-11-4-2-1-3-5-11)7-6-12(14)8-15-16(20)19-17(21)23-15/h6-9,11H,1-5,10H2,(H,19,20,21). The second-order valence-corrected chi connectivity index (χ2v) is 7.27. The number of amides is 2. The summed E-state index contributed by atoms with van der Waals surface area (Å²) >= 11 is 7.15. The van der Waals surface area contributed by atoms with Gasteiger partial charge in [-0.25, -0.2) is 0 Å². The van der Waals surface area contributed by atoms with Crippen LogP contribution in [0.25, 0.3) is 6.08 Å². The van der Waals surface area contributed by atoms with Gasteiger partial charge in [0.25, 0.3) is 11.1 Å². The third-order valence-electron chi connectivity index (χ3n) is 4.11. The molecule has 6 heteroatoms.